The maximum atomic E-state index is 12.6. The maximum absolute atomic E-state index is 12.6. The SMILES string of the molecule is CCSCCC(C)N1C(=O)C(C)(CC)NC(=O)C1C. The van der Waals surface area contributed by atoms with E-state index in [2.05, 4.69) is 12.2 Å². The van der Waals surface area contributed by atoms with Gasteiger partial charge in [0.1, 0.15) is 11.6 Å². The Labute approximate surface area is 120 Å². The van der Waals surface area contributed by atoms with Crippen LogP contribution < -0.4 is 5.32 Å². The van der Waals surface area contributed by atoms with E-state index in [0.29, 0.717) is 6.42 Å². The number of hydrogen-bond donors (Lipinski definition) is 1. The van der Waals surface area contributed by atoms with Gasteiger partial charge in [-0.3, -0.25) is 9.59 Å². The molecule has 0 aromatic carbocycles. The van der Waals surface area contributed by atoms with E-state index < -0.39 is 5.54 Å². The van der Waals surface area contributed by atoms with Crippen LogP contribution >= 0.6 is 11.8 Å². The Balaban J connectivity index is 2.82. The standard InChI is InChI=1S/C14H26N2O2S/c1-6-14(5)13(18)16(11(4)12(17)15-14)10(3)8-9-19-7-2/h10-11H,6-9H2,1-5H3,(H,15,17). The quantitative estimate of drug-likeness (QED) is 0.760. The molecule has 0 aliphatic carbocycles. The minimum atomic E-state index is -0.740. The highest BCUT2D eigenvalue weighted by atomic mass is 32.2. The van der Waals surface area contributed by atoms with Crippen molar-refractivity contribution in [1.29, 1.82) is 0 Å². The highest BCUT2D eigenvalue weighted by Gasteiger charge is 2.46. The van der Waals surface area contributed by atoms with Gasteiger partial charge < -0.3 is 10.2 Å². The number of carbonyl (C=O) groups is 2. The lowest BCUT2D eigenvalue weighted by atomic mass is 9.91. The van der Waals surface area contributed by atoms with Crippen LogP contribution in [-0.4, -0.2) is 45.8 Å². The van der Waals surface area contributed by atoms with Crippen LogP contribution in [0.5, 0.6) is 0 Å². The second-order valence-electron chi connectivity index (χ2n) is 5.40. The Kier molecular flexibility index (Phi) is 5.71. The van der Waals surface area contributed by atoms with Crippen LogP contribution in [0.3, 0.4) is 0 Å². The molecule has 1 N–H and O–H groups in total. The van der Waals surface area contributed by atoms with Crippen LogP contribution in [0.15, 0.2) is 0 Å². The van der Waals surface area contributed by atoms with Gasteiger partial charge in [-0.05, 0) is 45.1 Å². The van der Waals surface area contributed by atoms with Crippen LogP contribution in [0.4, 0.5) is 0 Å². The fraction of sp³-hybridized carbons (Fsp3) is 0.857. The molecule has 0 bridgehead atoms. The van der Waals surface area contributed by atoms with Gasteiger partial charge in [0.25, 0.3) is 0 Å². The van der Waals surface area contributed by atoms with E-state index in [1.807, 2.05) is 39.5 Å². The molecule has 1 heterocycles. The number of hydrogen-bond acceptors (Lipinski definition) is 3. The molecule has 19 heavy (non-hydrogen) atoms. The number of rotatable bonds is 6. The summed E-state index contributed by atoms with van der Waals surface area (Å²) in [4.78, 5) is 26.4. The molecule has 1 rings (SSSR count). The number of carbonyl (C=O) groups excluding carboxylic acids is 2. The van der Waals surface area contributed by atoms with Crippen molar-refractivity contribution in [2.45, 2.75) is 65.1 Å². The highest BCUT2D eigenvalue weighted by Crippen LogP contribution is 2.24. The molecule has 1 aliphatic heterocycles. The topological polar surface area (TPSA) is 49.4 Å². The second kappa shape index (κ2) is 6.64. The molecule has 0 aromatic heterocycles. The van der Waals surface area contributed by atoms with Crippen molar-refractivity contribution in [2.24, 2.45) is 0 Å². The van der Waals surface area contributed by atoms with E-state index in [9.17, 15) is 9.59 Å². The minimum absolute atomic E-state index is 0.0426. The third kappa shape index (κ3) is 3.44. The molecule has 0 radical (unpaired) electrons. The number of piperazine rings is 1. The first kappa shape index (κ1) is 16.3. The lowest BCUT2D eigenvalue weighted by molar-refractivity contribution is -0.156. The Morgan fingerprint density at radius 3 is 2.58 bits per heavy atom. The van der Waals surface area contributed by atoms with Gasteiger partial charge in [-0.2, -0.15) is 11.8 Å². The molecule has 1 saturated heterocycles. The first-order chi connectivity index (χ1) is 8.87. The summed E-state index contributed by atoms with van der Waals surface area (Å²) in [7, 11) is 0. The van der Waals surface area contributed by atoms with Crippen molar-refractivity contribution >= 4 is 23.6 Å². The summed E-state index contributed by atoms with van der Waals surface area (Å²) in [5.41, 5.74) is -0.740. The summed E-state index contributed by atoms with van der Waals surface area (Å²) in [6.07, 6.45) is 1.55. The minimum Gasteiger partial charge on any atom is -0.340 e. The number of nitrogens with zero attached hydrogens (tertiary/aromatic N) is 1. The van der Waals surface area contributed by atoms with Crippen molar-refractivity contribution in [3.63, 3.8) is 0 Å². The smallest absolute Gasteiger partial charge is 0.248 e. The highest BCUT2D eigenvalue weighted by molar-refractivity contribution is 7.99. The summed E-state index contributed by atoms with van der Waals surface area (Å²) < 4.78 is 0. The summed E-state index contributed by atoms with van der Waals surface area (Å²) in [5.74, 6) is 2.12. The molecule has 3 atom stereocenters. The van der Waals surface area contributed by atoms with Gasteiger partial charge in [0.2, 0.25) is 11.8 Å². The summed E-state index contributed by atoms with van der Waals surface area (Å²) in [6.45, 7) is 9.74. The molecule has 0 saturated carbocycles. The van der Waals surface area contributed by atoms with Crippen molar-refractivity contribution in [3.05, 3.63) is 0 Å². The van der Waals surface area contributed by atoms with Gasteiger partial charge in [-0.25, -0.2) is 0 Å². The zero-order valence-corrected chi connectivity index (χ0v) is 13.5. The van der Waals surface area contributed by atoms with E-state index in [1.165, 1.54) is 0 Å². The van der Waals surface area contributed by atoms with Crippen LogP contribution in [0.1, 0.15) is 47.5 Å². The first-order valence-corrected chi connectivity index (χ1v) is 8.25. The lowest BCUT2D eigenvalue weighted by Crippen LogP contribution is -2.69. The molecule has 0 aromatic rings. The number of amides is 2. The monoisotopic (exact) mass is 286 g/mol. The van der Waals surface area contributed by atoms with Gasteiger partial charge in [0.05, 0.1) is 0 Å². The molecule has 0 spiro atoms. The predicted octanol–water partition coefficient (Wildman–Crippen LogP) is 2.03. The molecule has 1 aliphatic rings. The zero-order valence-electron chi connectivity index (χ0n) is 12.7. The second-order valence-corrected chi connectivity index (χ2v) is 6.79. The van der Waals surface area contributed by atoms with E-state index >= 15 is 0 Å². The average molecular weight is 286 g/mol. The van der Waals surface area contributed by atoms with E-state index in [1.54, 1.807) is 4.90 Å². The first-order valence-electron chi connectivity index (χ1n) is 7.09. The van der Waals surface area contributed by atoms with Gasteiger partial charge in [-0.1, -0.05) is 13.8 Å². The zero-order chi connectivity index (χ0) is 14.6. The Hall–Kier alpha value is -0.710. The van der Waals surface area contributed by atoms with E-state index in [0.717, 1.165) is 17.9 Å². The molecular weight excluding hydrogens is 260 g/mol. The molecular formula is C14H26N2O2S. The summed E-state index contributed by atoms with van der Waals surface area (Å²) in [5, 5.41) is 2.86. The normalized spacial score (nSPS) is 29.3. The molecule has 1 fully saturated rings. The van der Waals surface area contributed by atoms with Crippen molar-refractivity contribution in [3.8, 4) is 0 Å². The van der Waals surface area contributed by atoms with E-state index in [4.69, 9.17) is 0 Å². The van der Waals surface area contributed by atoms with Crippen LogP contribution in [0, 0.1) is 0 Å². The molecule has 110 valence electrons. The molecule has 5 heteroatoms. The molecule has 4 nitrogen and oxygen atoms in total. The van der Waals surface area contributed by atoms with Crippen LogP contribution in [-0.2, 0) is 9.59 Å². The van der Waals surface area contributed by atoms with Crippen LogP contribution in [0.25, 0.3) is 0 Å². The Bertz CT molecular complexity index is 348. The average Bonchev–Trinajstić information content (AvgIpc) is 2.37. The third-order valence-corrected chi connectivity index (χ3v) is 4.90. The molecule has 3 unspecified atom stereocenters. The van der Waals surface area contributed by atoms with Gasteiger partial charge in [0.15, 0.2) is 0 Å². The molecule has 2 amide bonds. The van der Waals surface area contributed by atoms with Crippen molar-refractivity contribution < 1.29 is 9.59 Å². The largest absolute Gasteiger partial charge is 0.340 e. The number of nitrogens with one attached hydrogen (secondary N) is 1. The third-order valence-electron chi connectivity index (χ3n) is 3.97. The summed E-state index contributed by atoms with van der Waals surface area (Å²) >= 11 is 1.87. The lowest BCUT2D eigenvalue weighted by Gasteiger charge is -2.45. The number of thioether (sulfide) groups is 1. The van der Waals surface area contributed by atoms with Crippen LogP contribution in [0.2, 0.25) is 0 Å². The van der Waals surface area contributed by atoms with Gasteiger partial charge in [0, 0.05) is 6.04 Å². The van der Waals surface area contributed by atoms with E-state index in [-0.39, 0.29) is 23.9 Å². The fourth-order valence-electron chi connectivity index (χ4n) is 2.38. The van der Waals surface area contributed by atoms with Gasteiger partial charge >= 0.3 is 0 Å². The predicted molar refractivity (Wildman–Crippen MR) is 80.2 cm³/mol. The maximum Gasteiger partial charge on any atom is 0.248 e. The Morgan fingerprint density at radius 2 is 2.05 bits per heavy atom. The fourth-order valence-corrected chi connectivity index (χ4v) is 3.17. The summed E-state index contributed by atoms with van der Waals surface area (Å²) in [6, 6.07) is -0.257. The van der Waals surface area contributed by atoms with Crippen molar-refractivity contribution in [2.75, 3.05) is 11.5 Å². The van der Waals surface area contributed by atoms with Crippen molar-refractivity contribution in [1.82, 2.24) is 10.2 Å². The van der Waals surface area contributed by atoms with Gasteiger partial charge in [-0.15, -0.1) is 0 Å². The Morgan fingerprint density at radius 1 is 1.42 bits per heavy atom.